The zero-order valence-electron chi connectivity index (χ0n) is 11.9. The highest BCUT2D eigenvalue weighted by Crippen LogP contribution is 2.14. The third-order valence-corrected chi connectivity index (χ3v) is 2.60. The van der Waals surface area contributed by atoms with Crippen LogP contribution >= 0.6 is 0 Å². The highest BCUT2D eigenvalue weighted by molar-refractivity contribution is 5.91. The molecule has 0 saturated heterocycles. The van der Waals surface area contributed by atoms with Crippen LogP contribution in [0, 0.1) is 5.82 Å². The fraction of sp³-hybridized carbons (Fsp3) is 0.429. The smallest absolute Gasteiger partial charge is 0.325 e. The van der Waals surface area contributed by atoms with Crippen molar-refractivity contribution in [3.8, 4) is 0 Å². The summed E-state index contributed by atoms with van der Waals surface area (Å²) in [5.41, 5.74) is 0.0759. The topological polar surface area (TPSA) is 58.6 Å². The molecule has 0 aliphatic rings. The summed E-state index contributed by atoms with van der Waals surface area (Å²) in [5.74, 6) is -1.02. The summed E-state index contributed by atoms with van der Waals surface area (Å²) < 4.78 is 18.3. The lowest BCUT2D eigenvalue weighted by atomic mass is 10.3. The second kappa shape index (κ2) is 7.47. The molecule has 1 aromatic carbocycles. The highest BCUT2D eigenvalue weighted by atomic mass is 19.1. The van der Waals surface area contributed by atoms with Crippen LogP contribution in [0.2, 0.25) is 0 Å². The molecule has 0 atom stereocenters. The first-order valence-corrected chi connectivity index (χ1v) is 6.43. The maximum absolute atomic E-state index is 13.5. The molecule has 0 spiro atoms. The number of amides is 2. The van der Waals surface area contributed by atoms with Crippen LogP contribution < -0.4 is 5.32 Å². The minimum absolute atomic E-state index is 0.0759. The van der Waals surface area contributed by atoms with Crippen LogP contribution in [0.15, 0.2) is 24.3 Å². The number of halogens is 1. The number of anilines is 1. The van der Waals surface area contributed by atoms with Gasteiger partial charge < -0.3 is 15.0 Å². The van der Waals surface area contributed by atoms with Gasteiger partial charge in [-0.05, 0) is 32.9 Å². The SMILES string of the molecule is CCOC(=O)CN(C(=O)Nc1ccccc1F)C(C)C. The first kappa shape index (κ1) is 15.9. The van der Waals surface area contributed by atoms with Gasteiger partial charge in [-0.25, -0.2) is 9.18 Å². The van der Waals surface area contributed by atoms with E-state index in [1.165, 1.54) is 23.1 Å². The molecule has 0 heterocycles. The van der Waals surface area contributed by atoms with Gasteiger partial charge in [-0.15, -0.1) is 0 Å². The van der Waals surface area contributed by atoms with Crippen LogP contribution in [0.25, 0.3) is 0 Å². The molecule has 0 aromatic heterocycles. The van der Waals surface area contributed by atoms with Gasteiger partial charge in [-0.3, -0.25) is 4.79 Å². The van der Waals surface area contributed by atoms with Gasteiger partial charge in [0.2, 0.25) is 0 Å². The molecule has 2 amide bonds. The second-order valence-electron chi connectivity index (χ2n) is 4.44. The van der Waals surface area contributed by atoms with Crippen LogP contribution in [0.3, 0.4) is 0 Å². The van der Waals surface area contributed by atoms with E-state index in [1.807, 2.05) is 0 Å². The van der Waals surface area contributed by atoms with Gasteiger partial charge in [0.05, 0.1) is 12.3 Å². The fourth-order valence-corrected chi connectivity index (χ4v) is 1.58. The van der Waals surface area contributed by atoms with Gasteiger partial charge in [0.15, 0.2) is 0 Å². The molecular formula is C14H19FN2O3. The molecule has 0 radical (unpaired) electrons. The number of hydrogen-bond donors (Lipinski definition) is 1. The second-order valence-corrected chi connectivity index (χ2v) is 4.44. The van der Waals surface area contributed by atoms with Crippen LogP contribution in [0.1, 0.15) is 20.8 Å². The number of nitrogens with zero attached hydrogens (tertiary/aromatic N) is 1. The molecule has 110 valence electrons. The number of carbonyl (C=O) groups is 2. The van der Waals surface area contributed by atoms with E-state index in [0.717, 1.165) is 0 Å². The van der Waals surface area contributed by atoms with E-state index < -0.39 is 17.8 Å². The number of ether oxygens (including phenoxy) is 1. The normalized spacial score (nSPS) is 10.2. The Bertz CT molecular complexity index is 477. The molecule has 0 aliphatic heterocycles. The number of carbonyl (C=O) groups excluding carboxylic acids is 2. The standard InChI is InChI=1S/C14H19FN2O3/c1-4-20-13(18)9-17(10(2)3)14(19)16-12-8-6-5-7-11(12)15/h5-8,10H,4,9H2,1-3H3,(H,16,19). The molecule has 0 bridgehead atoms. The number of esters is 1. The predicted molar refractivity (Wildman–Crippen MR) is 73.9 cm³/mol. The van der Waals surface area contributed by atoms with E-state index >= 15 is 0 Å². The first-order chi connectivity index (χ1) is 9.45. The average Bonchev–Trinajstić information content (AvgIpc) is 2.38. The molecule has 0 aliphatic carbocycles. The number of hydrogen-bond acceptors (Lipinski definition) is 3. The number of para-hydroxylation sites is 1. The van der Waals surface area contributed by atoms with E-state index in [2.05, 4.69) is 5.32 Å². The Balaban J connectivity index is 2.75. The van der Waals surface area contributed by atoms with Gasteiger partial charge in [0.25, 0.3) is 0 Å². The number of nitrogens with one attached hydrogen (secondary N) is 1. The minimum atomic E-state index is -0.543. The fourth-order valence-electron chi connectivity index (χ4n) is 1.58. The van der Waals surface area contributed by atoms with Gasteiger partial charge in [-0.1, -0.05) is 12.1 Å². The minimum Gasteiger partial charge on any atom is -0.465 e. The summed E-state index contributed by atoms with van der Waals surface area (Å²) in [5, 5.41) is 2.44. The van der Waals surface area contributed by atoms with E-state index in [1.54, 1.807) is 26.8 Å². The number of benzene rings is 1. The lowest BCUT2D eigenvalue weighted by Crippen LogP contribution is -2.43. The molecule has 0 unspecified atom stereocenters. The predicted octanol–water partition coefficient (Wildman–Crippen LogP) is 2.63. The quantitative estimate of drug-likeness (QED) is 0.845. The van der Waals surface area contributed by atoms with Gasteiger partial charge in [-0.2, -0.15) is 0 Å². The Morgan fingerprint density at radius 3 is 2.55 bits per heavy atom. The summed E-state index contributed by atoms with van der Waals surface area (Å²) >= 11 is 0. The van der Waals surface area contributed by atoms with E-state index in [-0.39, 0.29) is 24.9 Å². The van der Waals surface area contributed by atoms with E-state index in [0.29, 0.717) is 0 Å². The molecule has 0 saturated carbocycles. The van der Waals surface area contributed by atoms with Crippen molar-refractivity contribution >= 4 is 17.7 Å². The largest absolute Gasteiger partial charge is 0.465 e. The molecule has 1 N–H and O–H groups in total. The molecule has 20 heavy (non-hydrogen) atoms. The molecule has 1 aromatic rings. The molecule has 0 fully saturated rings. The van der Waals surface area contributed by atoms with Gasteiger partial charge >= 0.3 is 12.0 Å². The van der Waals surface area contributed by atoms with Crippen molar-refractivity contribution in [1.82, 2.24) is 4.90 Å². The lowest BCUT2D eigenvalue weighted by molar-refractivity contribution is -0.144. The van der Waals surface area contributed by atoms with Crippen LogP contribution in [-0.2, 0) is 9.53 Å². The average molecular weight is 282 g/mol. The summed E-state index contributed by atoms with van der Waals surface area (Å²) in [6.45, 7) is 5.29. The molecule has 5 nitrogen and oxygen atoms in total. The summed E-state index contributed by atoms with van der Waals surface area (Å²) in [6.07, 6.45) is 0. The van der Waals surface area contributed by atoms with Crippen molar-refractivity contribution in [2.45, 2.75) is 26.8 Å². The third kappa shape index (κ3) is 4.53. The highest BCUT2D eigenvalue weighted by Gasteiger charge is 2.21. The summed E-state index contributed by atoms with van der Waals surface area (Å²) in [4.78, 5) is 24.8. The Kier molecular flexibility index (Phi) is 5.96. The number of urea groups is 1. The first-order valence-electron chi connectivity index (χ1n) is 6.43. The monoisotopic (exact) mass is 282 g/mol. The maximum Gasteiger partial charge on any atom is 0.325 e. The Hall–Kier alpha value is -2.11. The Morgan fingerprint density at radius 2 is 2.00 bits per heavy atom. The van der Waals surface area contributed by atoms with E-state index in [9.17, 15) is 14.0 Å². The summed E-state index contributed by atoms with van der Waals surface area (Å²) in [6, 6.07) is 5.09. The van der Waals surface area contributed by atoms with Gasteiger partial charge in [0.1, 0.15) is 12.4 Å². The van der Waals surface area contributed by atoms with Crippen molar-refractivity contribution < 1.29 is 18.7 Å². The van der Waals surface area contributed by atoms with Crippen molar-refractivity contribution in [2.75, 3.05) is 18.5 Å². The van der Waals surface area contributed by atoms with Gasteiger partial charge in [0, 0.05) is 6.04 Å². The van der Waals surface area contributed by atoms with Crippen molar-refractivity contribution in [1.29, 1.82) is 0 Å². The summed E-state index contributed by atoms with van der Waals surface area (Å²) in [7, 11) is 0. The van der Waals surface area contributed by atoms with Crippen molar-refractivity contribution in [3.63, 3.8) is 0 Å². The molecule has 1 rings (SSSR count). The molecule has 6 heteroatoms. The number of rotatable bonds is 5. The lowest BCUT2D eigenvalue weighted by Gasteiger charge is -2.26. The zero-order chi connectivity index (χ0) is 15.1. The maximum atomic E-state index is 13.5. The Labute approximate surface area is 117 Å². The Morgan fingerprint density at radius 1 is 1.35 bits per heavy atom. The van der Waals surface area contributed by atoms with Crippen molar-refractivity contribution in [3.05, 3.63) is 30.1 Å². The zero-order valence-corrected chi connectivity index (χ0v) is 11.9. The van der Waals surface area contributed by atoms with Crippen LogP contribution in [0.5, 0.6) is 0 Å². The van der Waals surface area contributed by atoms with Crippen LogP contribution in [0.4, 0.5) is 14.9 Å². The third-order valence-electron chi connectivity index (χ3n) is 2.60. The van der Waals surface area contributed by atoms with Crippen LogP contribution in [-0.4, -0.2) is 36.1 Å². The van der Waals surface area contributed by atoms with Crippen molar-refractivity contribution in [2.24, 2.45) is 0 Å². The molecular weight excluding hydrogens is 263 g/mol. The van der Waals surface area contributed by atoms with E-state index in [4.69, 9.17) is 4.74 Å².